The van der Waals surface area contributed by atoms with Crippen LogP contribution in [-0.4, -0.2) is 31.2 Å². The Labute approximate surface area is 169 Å². The van der Waals surface area contributed by atoms with E-state index in [0.29, 0.717) is 17.9 Å². The minimum absolute atomic E-state index is 0.168. The first-order valence-electron chi connectivity index (χ1n) is 9.98. The summed E-state index contributed by atoms with van der Waals surface area (Å²) in [4.78, 5) is 26.5. The highest BCUT2D eigenvalue weighted by Gasteiger charge is 2.49. The molecule has 154 valence electrons. The number of hydrogen-bond acceptors (Lipinski definition) is 4. The third-order valence-corrected chi connectivity index (χ3v) is 5.85. The van der Waals surface area contributed by atoms with E-state index >= 15 is 0 Å². The first-order chi connectivity index (χ1) is 13.7. The third-order valence-electron chi connectivity index (χ3n) is 5.85. The van der Waals surface area contributed by atoms with E-state index in [4.69, 9.17) is 4.74 Å². The van der Waals surface area contributed by atoms with E-state index in [0.717, 1.165) is 0 Å². The minimum Gasteiger partial charge on any atom is -0.491 e. The van der Waals surface area contributed by atoms with Crippen molar-refractivity contribution >= 4 is 0 Å². The SMILES string of the molecule is C[C@H](C[C@@H](C)O)OC1=C[C@H]2n3c(=O)n(-c4ccccc4)c(=O)n3[C@@H](C=C1)C2(C)C. The molecule has 0 unspecified atom stereocenters. The Balaban J connectivity index is 1.81. The van der Waals surface area contributed by atoms with Crippen LogP contribution >= 0.6 is 0 Å². The summed E-state index contributed by atoms with van der Waals surface area (Å²) in [7, 11) is 0. The first-order valence-corrected chi connectivity index (χ1v) is 9.98. The van der Waals surface area contributed by atoms with Gasteiger partial charge in [-0.3, -0.25) is 0 Å². The molecule has 0 fully saturated rings. The number of rotatable bonds is 5. The van der Waals surface area contributed by atoms with E-state index in [-0.39, 0.29) is 35.0 Å². The van der Waals surface area contributed by atoms with Crippen molar-refractivity contribution in [1.29, 1.82) is 0 Å². The number of aromatic nitrogens is 3. The van der Waals surface area contributed by atoms with Crippen LogP contribution in [0.1, 0.15) is 46.2 Å². The molecule has 1 aromatic heterocycles. The standard InChI is InChI=1S/C22H27N3O4/c1-14(26)12-15(2)29-17-10-11-18-22(3,4)19(13-17)25-21(28)23(20(27)24(18)25)16-8-6-5-7-9-16/h5-11,13-15,18-19,26H,12H2,1-4H3/t14-,15-,18+,19-/m1/s1. The summed E-state index contributed by atoms with van der Waals surface area (Å²) in [5.74, 6) is 0.650. The monoisotopic (exact) mass is 397 g/mol. The lowest BCUT2D eigenvalue weighted by molar-refractivity contribution is 0.0761. The smallest absolute Gasteiger partial charge is 0.352 e. The van der Waals surface area contributed by atoms with Crippen LogP contribution in [0, 0.1) is 5.41 Å². The van der Waals surface area contributed by atoms with Crippen LogP contribution < -0.4 is 11.4 Å². The van der Waals surface area contributed by atoms with Crippen molar-refractivity contribution in [3.05, 3.63) is 75.3 Å². The Hall–Kier alpha value is -2.80. The molecule has 0 amide bonds. The van der Waals surface area contributed by atoms with Crippen LogP contribution in [-0.2, 0) is 4.74 Å². The highest BCUT2D eigenvalue weighted by Crippen LogP contribution is 2.49. The molecule has 4 atom stereocenters. The molecule has 29 heavy (non-hydrogen) atoms. The zero-order chi connectivity index (χ0) is 20.9. The van der Waals surface area contributed by atoms with Gasteiger partial charge in [-0.25, -0.2) is 23.5 Å². The van der Waals surface area contributed by atoms with Crippen molar-refractivity contribution in [2.24, 2.45) is 5.41 Å². The van der Waals surface area contributed by atoms with Crippen molar-refractivity contribution in [3.8, 4) is 5.69 Å². The molecular weight excluding hydrogens is 370 g/mol. The van der Waals surface area contributed by atoms with E-state index in [1.54, 1.807) is 40.6 Å². The topological polar surface area (TPSA) is 78.4 Å². The minimum atomic E-state index is -0.457. The molecule has 0 saturated heterocycles. The van der Waals surface area contributed by atoms with Gasteiger partial charge in [0.1, 0.15) is 5.76 Å². The normalized spacial score (nSPS) is 23.8. The number of ether oxygens (including phenoxy) is 1. The molecule has 2 heterocycles. The van der Waals surface area contributed by atoms with Gasteiger partial charge in [0, 0.05) is 11.8 Å². The molecule has 1 aliphatic heterocycles. The van der Waals surface area contributed by atoms with Gasteiger partial charge in [-0.15, -0.1) is 0 Å². The second-order valence-corrected chi connectivity index (χ2v) is 8.58. The highest BCUT2D eigenvalue weighted by molar-refractivity contribution is 5.32. The molecule has 7 heteroatoms. The quantitative estimate of drug-likeness (QED) is 0.841. The van der Waals surface area contributed by atoms with Crippen molar-refractivity contribution < 1.29 is 9.84 Å². The summed E-state index contributed by atoms with van der Waals surface area (Å²) in [6.45, 7) is 7.74. The van der Waals surface area contributed by atoms with Gasteiger partial charge in [-0.05, 0) is 38.1 Å². The molecule has 1 aliphatic carbocycles. The average Bonchev–Trinajstić information content (AvgIpc) is 2.94. The zero-order valence-electron chi connectivity index (χ0n) is 17.1. The molecular formula is C22H27N3O4. The maximum atomic E-state index is 13.3. The van der Waals surface area contributed by atoms with Gasteiger partial charge < -0.3 is 9.84 Å². The summed E-state index contributed by atoms with van der Waals surface area (Å²) < 4.78 is 10.3. The van der Waals surface area contributed by atoms with Gasteiger partial charge in [0.25, 0.3) is 0 Å². The maximum Gasteiger partial charge on any atom is 0.352 e. The Kier molecular flexibility index (Phi) is 4.65. The fraction of sp³-hybridized carbons (Fsp3) is 0.455. The predicted molar refractivity (Wildman–Crippen MR) is 110 cm³/mol. The highest BCUT2D eigenvalue weighted by atomic mass is 16.5. The first kappa shape index (κ1) is 19.5. The van der Waals surface area contributed by atoms with Gasteiger partial charge in [0.2, 0.25) is 0 Å². The van der Waals surface area contributed by atoms with E-state index in [9.17, 15) is 14.7 Å². The molecule has 1 N–H and O–H groups in total. The lowest BCUT2D eigenvalue weighted by Crippen LogP contribution is -2.34. The number of fused-ring (bicyclic) bond motifs is 5. The van der Waals surface area contributed by atoms with Gasteiger partial charge in [0.15, 0.2) is 0 Å². The fourth-order valence-electron chi connectivity index (χ4n) is 4.43. The number of nitrogens with zero attached hydrogens (tertiary/aromatic N) is 3. The summed E-state index contributed by atoms with van der Waals surface area (Å²) in [5, 5.41) is 9.60. The number of aliphatic hydroxyl groups excluding tert-OH is 1. The Morgan fingerprint density at radius 1 is 1.07 bits per heavy atom. The van der Waals surface area contributed by atoms with Crippen LogP contribution in [0.15, 0.2) is 63.9 Å². The summed E-state index contributed by atoms with van der Waals surface area (Å²) in [6, 6.07) is 8.37. The molecule has 4 rings (SSSR count). The van der Waals surface area contributed by atoms with Crippen LogP contribution in [0.2, 0.25) is 0 Å². The molecule has 0 spiro atoms. The Morgan fingerprint density at radius 2 is 1.69 bits per heavy atom. The Morgan fingerprint density at radius 3 is 2.31 bits per heavy atom. The number of para-hydroxylation sites is 1. The van der Waals surface area contributed by atoms with Crippen molar-refractivity contribution in [1.82, 2.24) is 13.9 Å². The van der Waals surface area contributed by atoms with Gasteiger partial charge in [0.05, 0.1) is 30.0 Å². The van der Waals surface area contributed by atoms with Gasteiger partial charge in [-0.2, -0.15) is 0 Å². The summed E-state index contributed by atoms with van der Waals surface area (Å²) in [6.07, 6.45) is 5.59. The molecule has 2 aliphatic rings. The zero-order valence-corrected chi connectivity index (χ0v) is 17.1. The van der Waals surface area contributed by atoms with E-state index in [2.05, 4.69) is 13.8 Å². The van der Waals surface area contributed by atoms with Crippen molar-refractivity contribution in [3.63, 3.8) is 0 Å². The van der Waals surface area contributed by atoms with Gasteiger partial charge >= 0.3 is 11.4 Å². The molecule has 7 nitrogen and oxygen atoms in total. The van der Waals surface area contributed by atoms with Crippen LogP contribution in [0.25, 0.3) is 5.69 Å². The number of aliphatic hydroxyl groups is 1. The molecule has 0 radical (unpaired) electrons. The molecule has 2 bridgehead atoms. The average molecular weight is 397 g/mol. The second-order valence-electron chi connectivity index (χ2n) is 8.58. The summed E-state index contributed by atoms with van der Waals surface area (Å²) >= 11 is 0. The lowest BCUT2D eigenvalue weighted by Gasteiger charge is -2.27. The van der Waals surface area contributed by atoms with Crippen LogP contribution in [0.3, 0.4) is 0 Å². The largest absolute Gasteiger partial charge is 0.491 e. The number of benzene rings is 1. The molecule has 0 saturated carbocycles. The van der Waals surface area contributed by atoms with Crippen LogP contribution in [0.4, 0.5) is 0 Å². The molecule has 2 aromatic rings. The predicted octanol–water partition coefficient (Wildman–Crippen LogP) is 2.55. The third kappa shape index (κ3) is 3.09. The molecule has 1 aromatic carbocycles. The summed E-state index contributed by atoms with van der Waals surface area (Å²) in [5.41, 5.74) is -0.513. The number of allylic oxidation sites excluding steroid dienone is 3. The number of hydrogen-bond donors (Lipinski definition) is 1. The van der Waals surface area contributed by atoms with E-state index in [1.165, 1.54) is 4.57 Å². The van der Waals surface area contributed by atoms with Crippen molar-refractivity contribution in [2.75, 3.05) is 0 Å². The van der Waals surface area contributed by atoms with Gasteiger partial charge in [-0.1, -0.05) is 38.1 Å². The Bertz CT molecular complexity index is 1090. The van der Waals surface area contributed by atoms with E-state index < -0.39 is 6.10 Å². The fourth-order valence-corrected chi connectivity index (χ4v) is 4.43. The van der Waals surface area contributed by atoms with E-state index in [1.807, 2.05) is 31.2 Å². The van der Waals surface area contributed by atoms with Crippen molar-refractivity contribution in [2.45, 2.75) is 58.4 Å². The maximum absolute atomic E-state index is 13.3. The second kappa shape index (κ2) is 6.91. The lowest BCUT2D eigenvalue weighted by atomic mass is 9.79. The van der Waals surface area contributed by atoms with Crippen LogP contribution in [0.5, 0.6) is 0 Å².